The van der Waals surface area contributed by atoms with E-state index in [0.717, 1.165) is 7.11 Å². The zero-order chi connectivity index (χ0) is 26.9. The fraction of sp³-hybridized carbons (Fsp3) is 0.909. The highest BCUT2D eigenvalue weighted by atomic mass is 16.7. The number of carboxylic acids is 1. The van der Waals surface area contributed by atoms with E-state index in [9.17, 15) is 35.1 Å². The number of hydrogen-bond acceptors (Lipinski definition) is 11. The predicted octanol–water partition coefficient (Wildman–Crippen LogP) is -2.01. The highest BCUT2D eigenvalue weighted by Crippen LogP contribution is 2.43. The summed E-state index contributed by atoms with van der Waals surface area (Å²) in [5, 5.41) is 54.1. The van der Waals surface area contributed by atoms with Crippen LogP contribution in [0.4, 0.5) is 0 Å². The molecule has 0 aromatic carbocycles. The van der Waals surface area contributed by atoms with Crippen LogP contribution < -0.4 is 5.32 Å². The van der Waals surface area contributed by atoms with Gasteiger partial charge in [-0.2, -0.15) is 0 Å². The van der Waals surface area contributed by atoms with E-state index in [4.69, 9.17) is 23.7 Å². The average Bonchev–Trinajstić information content (AvgIpc) is 2.78. The lowest BCUT2D eigenvalue weighted by Crippen LogP contribution is -2.71. The van der Waals surface area contributed by atoms with Gasteiger partial charge in [-0.05, 0) is 13.8 Å². The fourth-order valence-corrected chi connectivity index (χ4v) is 4.45. The number of aliphatic carboxylic acids is 1. The molecule has 13 nitrogen and oxygen atoms in total. The lowest BCUT2D eigenvalue weighted by molar-refractivity contribution is -0.334. The second-order valence-corrected chi connectivity index (χ2v) is 9.98. The highest BCUT2D eigenvalue weighted by molar-refractivity contribution is 5.74. The van der Waals surface area contributed by atoms with Gasteiger partial charge in [0.25, 0.3) is 0 Å². The number of aliphatic hydroxyl groups excluding tert-OH is 4. The third kappa shape index (κ3) is 5.78. The molecular formula is C22H39NO12. The molecule has 0 radical (unpaired) electrons. The molecule has 10 atom stereocenters. The summed E-state index contributed by atoms with van der Waals surface area (Å²) in [6.45, 7) is 7.91. The van der Waals surface area contributed by atoms with Gasteiger partial charge in [-0.1, -0.05) is 13.8 Å². The molecule has 35 heavy (non-hydrogen) atoms. The Morgan fingerprint density at radius 3 is 2.03 bits per heavy atom. The van der Waals surface area contributed by atoms with Crippen LogP contribution in [0.1, 0.15) is 34.6 Å². The van der Waals surface area contributed by atoms with Crippen LogP contribution in [0.25, 0.3) is 0 Å². The summed E-state index contributed by atoms with van der Waals surface area (Å²) < 4.78 is 27.9. The number of carbonyl (C=O) groups is 2. The number of nitrogens with one attached hydrogen (secondary N) is 1. The molecule has 0 spiro atoms. The molecule has 2 rings (SSSR count). The normalized spacial score (nSPS) is 38.7. The quantitative estimate of drug-likeness (QED) is 0.200. The number of rotatable bonds is 9. The van der Waals surface area contributed by atoms with Gasteiger partial charge in [0.1, 0.15) is 36.6 Å². The number of methoxy groups -OCH3 is 2. The average molecular weight is 510 g/mol. The topological polar surface area (TPSA) is 193 Å². The molecule has 2 fully saturated rings. The summed E-state index contributed by atoms with van der Waals surface area (Å²) in [7, 11) is 2.67. The minimum atomic E-state index is -1.75. The summed E-state index contributed by atoms with van der Waals surface area (Å²) in [4.78, 5) is 23.8. The molecule has 2 saturated heterocycles. The second-order valence-electron chi connectivity index (χ2n) is 9.98. The number of amides is 1. The van der Waals surface area contributed by atoms with E-state index in [1.165, 1.54) is 14.0 Å². The first kappa shape index (κ1) is 29.8. The molecule has 2 aliphatic rings. The van der Waals surface area contributed by atoms with Gasteiger partial charge in [0.05, 0.1) is 24.4 Å². The fourth-order valence-electron chi connectivity index (χ4n) is 4.45. The Bertz CT molecular complexity index is 746. The minimum Gasteiger partial charge on any atom is -0.479 e. The van der Waals surface area contributed by atoms with E-state index in [2.05, 4.69) is 5.32 Å². The zero-order valence-electron chi connectivity index (χ0n) is 21.1. The standard InChI is InChI=1S/C22H39NO12/c1-9(25)23-11-15(34-20-14(28)13(27)16(31-6)17(35-20)19(29)30)12(26)10(8-24)33-18(11)21(2,3)22(4,5)32-7/h10-18,20,24,26-28H,8H2,1-7H3,(H,23,25)(H,29,30)/t10?,11?,12-,13?,14?,15?,16+,17?,18-,20-/m1/s1. The third-order valence-electron chi connectivity index (χ3n) is 7.39. The summed E-state index contributed by atoms with van der Waals surface area (Å²) >= 11 is 0. The largest absolute Gasteiger partial charge is 0.479 e. The molecule has 13 heteroatoms. The molecule has 0 saturated carbocycles. The Balaban J connectivity index is 2.49. The molecule has 0 aromatic heterocycles. The lowest BCUT2D eigenvalue weighted by atomic mass is 9.68. The predicted molar refractivity (Wildman–Crippen MR) is 118 cm³/mol. The van der Waals surface area contributed by atoms with Crippen molar-refractivity contribution in [3.63, 3.8) is 0 Å². The minimum absolute atomic E-state index is 0.481. The van der Waals surface area contributed by atoms with Crippen molar-refractivity contribution in [1.82, 2.24) is 5.32 Å². The van der Waals surface area contributed by atoms with Crippen molar-refractivity contribution < 1.29 is 58.8 Å². The molecule has 0 bridgehead atoms. The Labute approximate surface area is 204 Å². The monoisotopic (exact) mass is 509 g/mol. The molecule has 0 aromatic rings. The van der Waals surface area contributed by atoms with Crippen LogP contribution in [-0.4, -0.2) is 125 Å². The van der Waals surface area contributed by atoms with Crippen molar-refractivity contribution >= 4 is 11.9 Å². The number of hydrogen-bond donors (Lipinski definition) is 6. The summed E-state index contributed by atoms with van der Waals surface area (Å²) in [6.07, 6.45) is -13.1. The van der Waals surface area contributed by atoms with Crippen molar-refractivity contribution in [2.75, 3.05) is 20.8 Å². The van der Waals surface area contributed by atoms with E-state index in [0.29, 0.717) is 0 Å². The van der Waals surface area contributed by atoms with Gasteiger partial charge in [0, 0.05) is 26.6 Å². The van der Waals surface area contributed by atoms with Gasteiger partial charge in [-0.25, -0.2) is 4.79 Å². The number of carbonyl (C=O) groups excluding carboxylic acids is 1. The zero-order valence-corrected chi connectivity index (χ0v) is 21.1. The summed E-state index contributed by atoms with van der Waals surface area (Å²) in [6, 6.07) is -1.05. The first-order chi connectivity index (χ1) is 16.1. The summed E-state index contributed by atoms with van der Waals surface area (Å²) in [5.41, 5.74) is -1.67. The Kier molecular flexibility index (Phi) is 9.64. The van der Waals surface area contributed by atoms with Crippen molar-refractivity contribution in [3.05, 3.63) is 0 Å². The van der Waals surface area contributed by atoms with Crippen LogP contribution in [0, 0.1) is 5.41 Å². The van der Waals surface area contributed by atoms with E-state index < -0.39 is 90.7 Å². The van der Waals surface area contributed by atoms with E-state index >= 15 is 0 Å². The summed E-state index contributed by atoms with van der Waals surface area (Å²) in [5.74, 6) is -1.94. The van der Waals surface area contributed by atoms with Crippen molar-refractivity contribution in [2.24, 2.45) is 5.41 Å². The molecule has 6 unspecified atom stereocenters. The van der Waals surface area contributed by atoms with Crippen LogP contribution in [0.15, 0.2) is 0 Å². The van der Waals surface area contributed by atoms with E-state index in [-0.39, 0.29) is 0 Å². The molecule has 1 amide bonds. The number of carboxylic acid groups (broad SMARTS) is 1. The van der Waals surface area contributed by atoms with Gasteiger partial charge < -0.3 is 54.5 Å². The molecular weight excluding hydrogens is 470 g/mol. The van der Waals surface area contributed by atoms with Gasteiger partial charge in [0.15, 0.2) is 12.4 Å². The Morgan fingerprint density at radius 1 is 0.971 bits per heavy atom. The maximum Gasteiger partial charge on any atom is 0.335 e. The van der Waals surface area contributed by atoms with Crippen molar-refractivity contribution in [1.29, 1.82) is 0 Å². The van der Waals surface area contributed by atoms with Gasteiger partial charge in [0.2, 0.25) is 5.91 Å². The molecule has 204 valence electrons. The maximum absolute atomic E-state index is 12.1. The SMILES string of the molecule is CO[C@@H]1C(C(=O)O)O[C@@H](OC2C(NC(C)=O)[C@H](C(C)(C)C(C)(C)OC)OC(CO)[C@H]2O)C(O)C1O. The van der Waals surface area contributed by atoms with Crippen LogP contribution in [-0.2, 0) is 33.3 Å². The van der Waals surface area contributed by atoms with Gasteiger partial charge in [-0.15, -0.1) is 0 Å². The smallest absolute Gasteiger partial charge is 0.335 e. The van der Waals surface area contributed by atoms with Crippen LogP contribution in [0.5, 0.6) is 0 Å². The molecule has 2 heterocycles. The van der Waals surface area contributed by atoms with Gasteiger partial charge in [-0.3, -0.25) is 4.79 Å². The van der Waals surface area contributed by atoms with Gasteiger partial charge >= 0.3 is 5.97 Å². The molecule has 6 N–H and O–H groups in total. The highest BCUT2D eigenvalue weighted by Gasteiger charge is 2.58. The second kappa shape index (κ2) is 11.3. The van der Waals surface area contributed by atoms with Crippen LogP contribution in [0.2, 0.25) is 0 Å². The Hall–Kier alpha value is -1.42. The van der Waals surface area contributed by atoms with Crippen molar-refractivity contribution in [3.8, 4) is 0 Å². The third-order valence-corrected chi connectivity index (χ3v) is 7.39. The van der Waals surface area contributed by atoms with E-state index in [1.807, 2.05) is 27.7 Å². The van der Waals surface area contributed by atoms with Crippen LogP contribution in [0.3, 0.4) is 0 Å². The molecule has 2 aliphatic heterocycles. The maximum atomic E-state index is 12.1. The first-order valence-corrected chi connectivity index (χ1v) is 11.3. The molecule has 0 aliphatic carbocycles. The number of ether oxygens (including phenoxy) is 5. The van der Waals surface area contributed by atoms with Crippen molar-refractivity contribution in [2.45, 2.75) is 101 Å². The first-order valence-electron chi connectivity index (χ1n) is 11.3. The van der Waals surface area contributed by atoms with Crippen LogP contribution >= 0.6 is 0 Å². The van der Waals surface area contributed by atoms with E-state index in [1.54, 1.807) is 0 Å². The lowest BCUT2D eigenvalue weighted by Gasteiger charge is -2.54. The Morgan fingerprint density at radius 2 is 1.57 bits per heavy atom. The number of aliphatic hydroxyl groups is 4.